The van der Waals surface area contributed by atoms with Crippen molar-refractivity contribution in [1.82, 2.24) is 24.6 Å². The van der Waals surface area contributed by atoms with E-state index in [2.05, 4.69) is 21.2 Å². The number of amides is 1. The third-order valence-corrected chi connectivity index (χ3v) is 8.82. The van der Waals surface area contributed by atoms with Gasteiger partial charge in [0.1, 0.15) is 16.5 Å². The lowest BCUT2D eigenvalue weighted by Gasteiger charge is -2.28. The Morgan fingerprint density at radius 2 is 1.73 bits per heavy atom. The molecule has 1 aliphatic rings. The van der Waals surface area contributed by atoms with Crippen molar-refractivity contribution in [2.75, 3.05) is 6.54 Å². The highest BCUT2D eigenvalue weighted by Gasteiger charge is 2.31. The Morgan fingerprint density at radius 1 is 0.951 bits per heavy atom. The van der Waals surface area contributed by atoms with Gasteiger partial charge in [-0.2, -0.15) is 13.2 Å². The monoisotopic (exact) mass is 591 g/mol. The van der Waals surface area contributed by atoms with Gasteiger partial charge in [-0.25, -0.2) is 4.98 Å². The highest BCUT2D eigenvalue weighted by Crippen LogP contribution is 2.33. The number of nitrogens with zero attached hydrogens (tertiary/aromatic N) is 5. The first-order chi connectivity index (χ1) is 19.8. The molecule has 41 heavy (non-hydrogen) atoms. The summed E-state index contributed by atoms with van der Waals surface area (Å²) in [7, 11) is 0. The molecule has 0 N–H and O–H groups in total. The molecule has 0 fully saturated rings. The van der Waals surface area contributed by atoms with Crippen molar-refractivity contribution in [2.45, 2.75) is 36.5 Å². The second kappa shape index (κ2) is 11.5. The van der Waals surface area contributed by atoms with Crippen LogP contribution in [0.2, 0.25) is 0 Å². The number of carbonyl (C=O) groups is 1. The molecular weight excluding hydrogens is 567 g/mol. The highest BCUT2D eigenvalue weighted by molar-refractivity contribution is 7.98. The number of hydrogen-bond donors (Lipinski definition) is 0. The fraction of sp³-hybridized carbons (Fsp3) is 0.200. The van der Waals surface area contributed by atoms with Gasteiger partial charge in [0.05, 0.1) is 17.0 Å². The van der Waals surface area contributed by atoms with Crippen molar-refractivity contribution in [3.63, 3.8) is 0 Å². The molecule has 1 amide bonds. The van der Waals surface area contributed by atoms with Crippen LogP contribution in [0.15, 0.2) is 89.4 Å². The molecule has 0 atom stereocenters. The van der Waals surface area contributed by atoms with Crippen LogP contribution in [0.5, 0.6) is 0 Å². The van der Waals surface area contributed by atoms with Gasteiger partial charge in [0.25, 0.3) is 5.91 Å². The third kappa shape index (κ3) is 6.06. The van der Waals surface area contributed by atoms with E-state index in [-0.39, 0.29) is 5.91 Å². The summed E-state index contributed by atoms with van der Waals surface area (Å²) >= 11 is 2.70. The molecule has 0 saturated heterocycles. The summed E-state index contributed by atoms with van der Waals surface area (Å²) in [5.74, 6) is 0.811. The van der Waals surface area contributed by atoms with Crippen LogP contribution in [0.25, 0.3) is 5.69 Å². The van der Waals surface area contributed by atoms with Gasteiger partial charge in [0, 0.05) is 24.9 Å². The maximum atomic E-state index is 13.5. The molecular formula is C30H24F3N5OS2. The number of alkyl halides is 3. The van der Waals surface area contributed by atoms with Crippen LogP contribution in [0.1, 0.15) is 43.6 Å². The van der Waals surface area contributed by atoms with E-state index in [4.69, 9.17) is 0 Å². The zero-order chi connectivity index (χ0) is 28.4. The Balaban J connectivity index is 1.22. The second-order valence-corrected chi connectivity index (χ2v) is 11.5. The van der Waals surface area contributed by atoms with Crippen molar-refractivity contribution in [3.8, 4) is 5.69 Å². The summed E-state index contributed by atoms with van der Waals surface area (Å²) in [4.78, 5) is 19.6. The normalized spacial score (nSPS) is 13.3. The summed E-state index contributed by atoms with van der Waals surface area (Å²) in [5, 5.41) is 11.6. The number of halogens is 3. The minimum absolute atomic E-state index is 0.107. The fourth-order valence-electron chi connectivity index (χ4n) is 4.80. The van der Waals surface area contributed by atoms with Crippen LogP contribution < -0.4 is 0 Å². The van der Waals surface area contributed by atoms with Crippen LogP contribution in [-0.4, -0.2) is 37.1 Å². The van der Waals surface area contributed by atoms with Crippen molar-refractivity contribution in [2.24, 2.45) is 0 Å². The first-order valence-electron chi connectivity index (χ1n) is 12.9. The van der Waals surface area contributed by atoms with E-state index in [9.17, 15) is 18.0 Å². The molecule has 1 aliphatic heterocycles. The Morgan fingerprint density at radius 3 is 2.54 bits per heavy atom. The molecule has 6 nitrogen and oxygen atoms in total. The van der Waals surface area contributed by atoms with Gasteiger partial charge in [-0.05, 0) is 41.3 Å². The molecule has 0 aliphatic carbocycles. The van der Waals surface area contributed by atoms with Crippen molar-refractivity contribution < 1.29 is 18.0 Å². The number of fused-ring (bicyclic) bond motifs is 1. The van der Waals surface area contributed by atoms with E-state index in [1.165, 1.54) is 34.7 Å². The molecule has 3 aromatic carbocycles. The summed E-state index contributed by atoms with van der Waals surface area (Å²) in [5.41, 5.74) is 3.37. The van der Waals surface area contributed by atoms with E-state index in [1.807, 2.05) is 53.4 Å². The summed E-state index contributed by atoms with van der Waals surface area (Å²) in [6, 6.07) is 22.9. The fourth-order valence-corrected chi connectivity index (χ4v) is 6.56. The Kier molecular flexibility index (Phi) is 7.63. The first kappa shape index (κ1) is 27.2. The van der Waals surface area contributed by atoms with Gasteiger partial charge < -0.3 is 4.90 Å². The summed E-state index contributed by atoms with van der Waals surface area (Å²) < 4.78 is 42.2. The number of carbonyl (C=O) groups excluding carboxylic acids is 1. The molecule has 5 aromatic rings. The minimum atomic E-state index is -4.48. The van der Waals surface area contributed by atoms with Crippen molar-refractivity contribution in [3.05, 3.63) is 123 Å². The average Bonchev–Trinajstić information content (AvgIpc) is 3.63. The molecule has 11 heteroatoms. The maximum Gasteiger partial charge on any atom is 0.416 e. The molecule has 0 spiro atoms. The lowest BCUT2D eigenvalue weighted by Crippen LogP contribution is -2.36. The van der Waals surface area contributed by atoms with Crippen LogP contribution in [0.3, 0.4) is 0 Å². The maximum absolute atomic E-state index is 13.5. The summed E-state index contributed by atoms with van der Waals surface area (Å²) in [6.45, 7) is 1.20. The number of benzene rings is 3. The Hall–Kier alpha value is -3.96. The van der Waals surface area contributed by atoms with Gasteiger partial charge in [0.2, 0.25) is 0 Å². The average molecular weight is 592 g/mol. The van der Waals surface area contributed by atoms with E-state index in [1.54, 1.807) is 16.0 Å². The predicted molar refractivity (Wildman–Crippen MR) is 152 cm³/mol. The smallest absolute Gasteiger partial charge is 0.333 e. The molecule has 0 saturated carbocycles. The van der Waals surface area contributed by atoms with Crippen LogP contribution >= 0.6 is 23.1 Å². The number of aromatic nitrogens is 4. The van der Waals surface area contributed by atoms with Gasteiger partial charge in [-0.1, -0.05) is 72.4 Å². The largest absolute Gasteiger partial charge is 0.416 e. The Bertz CT molecular complexity index is 1680. The number of thiazole rings is 1. The van der Waals surface area contributed by atoms with Crippen molar-refractivity contribution in [1.29, 1.82) is 0 Å². The third-order valence-electron chi connectivity index (χ3n) is 6.85. The lowest BCUT2D eigenvalue weighted by molar-refractivity contribution is -0.137. The quantitative estimate of drug-likeness (QED) is 0.194. The van der Waals surface area contributed by atoms with Crippen LogP contribution in [0, 0.1) is 0 Å². The van der Waals surface area contributed by atoms with E-state index >= 15 is 0 Å². The molecule has 3 heterocycles. The number of thioether (sulfide) groups is 1. The zero-order valence-corrected chi connectivity index (χ0v) is 23.3. The van der Waals surface area contributed by atoms with Gasteiger partial charge in [-0.3, -0.25) is 9.36 Å². The first-order valence-corrected chi connectivity index (χ1v) is 14.8. The highest BCUT2D eigenvalue weighted by atomic mass is 32.2. The molecule has 0 bridgehead atoms. The van der Waals surface area contributed by atoms with Crippen LogP contribution in [0.4, 0.5) is 13.2 Å². The molecule has 2 aromatic heterocycles. The van der Waals surface area contributed by atoms with E-state index < -0.39 is 11.7 Å². The van der Waals surface area contributed by atoms with Gasteiger partial charge >= 0.3 is 6.18 Å². The molecule has 208 valence electrons. The lowest BCUT2D eigenvalue weighted by atomic mass is 10.00. The summed E-state index contributed by atoms with van der Waals surface area (Å²) in [6.07, 6.45) is -3.26. The molecule has 6 rings (SSSR count). The van der Waals surface area contributed by atoms with E-state index in [0.717, 1.165) is 34.7 Å². The molecule has 0 radical (unpaired) electrons. The predicted octanol–water partition coefficient (Wildman–Crippen LogP) is 6.82. The number of hydrogen-bond acceptors (Lipinski definition) is 6. The minimum Gasteiger partial charge on any atom is -0.333 e. The van der Waals surface area contributed by atoms with Gasteiger partial charge in [-0.15, -0.1) is 21.5 Å². The van der Waals surface area contributed by atoms with Gasteiger partial charge in [0.15, 0.2) is 5.16 Å². The SMILES string of the molecule is O=C(c1csc(CSc2nnc(Cc3ccccc3)n2-c2cccc(C(F)(F)F)c2)n1)N1CCc2ccccc2C1. The van der Waals surface area contributed by atoms with Crippen molar-refractivity contribution >= 4 is 29.0 Å². The standard InChI is InChI=1S/C30H24F3N5OS2/c31-30(32,33)23-11-6-12-24(16-23)38-26(15-20-7-2-1-3-8-20)35-36-29(38)41-19-27-34-25(18-40-27)28(39)37-14-13-21-9-4-5-10-22(21)17-37/h1-12,16,18H,13-15,17,19H2. The topological polar surface area (TPSA) is 63.9 Å². The number of rotatable bonds is 7. The van der Waals surface area contributed by atoms with Crippen LogP contribution in [-0.2, 0) is 31.3 Å². The second-order valence-electron chi connectivity index (χ2n) is 9.61. The zero-order valence-electron chi connectivity index (χ0n) is 21.7. The Labute approximate surface area is 242 Å². The molecule has 0 unspecified atom stereocenters. The van der Waals surface area contributed by atoms with E-state index in [0.29, 0.717) is 47.6 Å².